The Kier molecular flexibility index (Phi) is 3.73. The molecule has 0 aliphatic rings. The molecular formula is C31H16N2S3. The summed E-state index contributed by atoms with van der Waals surface area (Å²) in [5.74, 6) is 0. The lowest BCUT2D eigenvalue weighted by atomic mass is 10.1. The van der Waals surface area contributed by atoms with Gasteiger partial charge in [-0.25, -0.2) is 4.98 Å². The lowest BCUT2D eigenvalue weighted by Gasteiger charge is -2.04. The third-order valence-electron chi connectivity index (χ3n) is 7.25. The van der Waals surface area contributed by atoms with Gasteiger partial charge in [-0.15, -0.1) is 22.7 Å². The zero-order valence-corrected chi connectivity index (χ0v) is 21.3. The van der Waals surface area contributed by atoms with Crippen molar-refractivity contribution in [2.75, 3.05) is 0 Å². The van der Waals surface area contributed by atoms with Gasteiger partial charge in [0, 0.05) is 51.1 Å². The smallest absolute Gasteiger partial charge is 0.195 e. The fourth-order valence-electron chi connectivity index (χ4n) is 5.74. The number of nitrogens with zero attached hydrogens (tertiary/aromatic N) is 2. The van der Waals surface area contributed by atoms with E-state index in [-0.39, 0.29) is 0 Å². The van der Waals surface area contributed by atoms with Crippen molar-refractivity contribution in [2.45, 2.75) is 0 Å². The zero-order valence-electron chi connectivity index (χ0n) is 18.9. The van der Waals surface area contributed by atoms with Crippen LogP contribution in [0.15, 0.2) is 97.1 Å². The largest absolute Gasteiger partial charge is 0.285 e. The minimum absolute atomic E-state index is 1.03. The van der Waals surface area contributed by atoms with E-state index in [1.807, 2.05) is 34.0 Å². The van der Waals surface area contributed by atoms with Crippen LogP contribution in [-0.4, -0.2) is 9.55 Å². The van der Waals surface area contributed by atoms with Crippen LogP contribution >= 0.6 is 34.0 Å². The topological polar surface area (TPSA) is 17.8 Å². The van der Waals surface area contributed by atoms with Gasteiger partial charge in [0.05, 0.1) is 21.3 Å². The van der Waals surface area contributed by atoms with E-state index in [2.05, 4.69) is 102 Å². The fraction of sp³-hybridized carbons (Fsp3) is 0. The SMILES string of the molecule is c1ccc2c(c1)sc1ccc3nc(-n4c5ccccc5c5ccc6sc7ccccc7c6c54)sc3c12. The first-order valence-corrected chi connectivity index (χ1v) is 14.3. The Bertz CT molecular complexity index is 2330. The predicted molar refractivity (Wildman–Crippen MR) is 160 cm³/mol. The number of thiazole rings is 1. The molecule has 168 valence electrons. The van der Waals surface area contributed by atoms with E-state index in [9.17, 15) is 0 Å². The highest BCUT2D eigenvalue weighted by Crippen LogP contribution is 2.45. The van der Waals surface area contributed by atoms with Crippen LogP contribution in [-0.2, 0) is 0 Å². The van der Waals surface area contributed by atoms with Gasteiger partial charge in [-0.3, -0.25) is 4.57 Å². The quantitative estimate of drug-likeness (QED) is 0.214. The van der Waals surface area contributed by atoms with Crippen LogP contribution in [0.4, 0.5) is 0 Å². The number of fused-ring (bicyclic) bond motifs is 12. The molecule has 4 heterocycles. The molecule has 0 aliphatic heterocycles. The number of aromatic nitrogens is 2. The maximum absolute atomic E-state index is 5.25. The van der Waals surface area contributed by atoms with Gasteiger partial charge in [-0.2, -0.15) is 0 Å². The second-order valence-electron chi connectivity index (χ2n) is 9.17. The average molecular weight is 513 g/mol. The summed E-state index contributed by atoms with van der Waals surface area (Å²) in [5.41, 5.74) is 3.54. The second kappa shape index (κ2) is 6.92. The molecule has 5 heteroatoms. The van der Waals surface area contributed by atoms with E-state index >= 15 is 0 Å². The van der Waals surface area contributed by atoms with Crippen LogP contribution in [0.1, 0.15) is 0 Å². The Hall–Kier alpha value is -3.77. The molecule has 0 radical (unpaired) electrons. The third kappa shape index (κ3) is 2.42. The van der Waals surface area contributed by atoms with Crippen LogP contribution in [0.25, 0.3) is 77.5 Å². The Morgan fingerprint density at radius 2 is 1.14 bits per heavy atom. The van der Waals surface area contributed by atoms with Gasteiger partial charge in [0.2, 0.25) is 0 Å². The van der Waals surface area contributed by atoms with Crippen molar-refractivity contribution in [2.24, 2.45) is 0 Å². The van der Waals surface area contributed by atoms with Crippen molar-refractivity contribution >= 4 is 106 Å². The summed E-state index contributed by atoms with van der Waals surface area (Å²) in [6.07, 6.45) is 0. The van der Waals surface area contributed by atoms with Gasteiger partial charge in [-0.1, -0.05) is 72.0 Å². The third-order valence-corrected chi connectivity index (χ3v) is 10.6. The highest BCUT2D eigenvalue weighted by molar-refractivity contribution is 7.28. The lowest BCUT2D eigenvalue weighted by Crippen LogP contribution is -1.92. The maximum Gasteiger partial charge on any atom is 0.195 e. The Labute approximate surface area is 217 Å². The van der Waals surface area contributed by atoms with Gasteiger partial charge in [0.25, 0.3) is 0 Å². The molecule has 0 amide bonds. The first kappa shape index (κ1) is 19.4. The minimum atomic E-state index is 1.03. The maximum atomic E-state index is 5.25. The van der Waals surface area contributed by atoms with Gasteiger partial charge in [-0.05, 0) is 36.4 Å². The van der Waals surface area contributed by atoms with Crippen LogP contribution in [0.3, 0.4) is 0 Å². The van der Waals surface area contributed by atoms with Crippen LogP contribution < -0.4 is 0 Å². The van der Waals surface area contributed by atoms with Crippen LogP contribution in [0.2, 0.25) is 0 Å². The number of benzene rings is 5. The molecule has 0 aliphatic carbocycles. The number of hydrogen-bond acceptors (Lipinski definition) is 4. The Morgan fingerprint density at radius 1 is 0.500 bits per heavy atom. The molecule has 5 aromatic carbocycles. The first-order valence-electron chi connectivity index (χ1n) is 11.9. The van der Waals surface area contributed by atoms with Gasteiger partial charge in [0.1, 0.15) is 0 Å². The number of hydrogen-bond donors (Lipinski definition) is 0. The summed E-state index contributed by atoms with van der Waals surface area (Å²) in [7, 11) is 0. The molecule has 36 heavy (non-hydrogen) atoms. The Balaban J connectivity index is 1.49. The van der Waals surface area contributed by atoms with Crippen LogP contribution in [0.5, 0.6) is 0 Å². The number of rotatable bonds is 1. The highest BCUT2D eigenvalue weighted by Gasteiger charge is 2.21. The van der Waals surface area contributed by atoms with E-state index < -0.39 is 0 Å². The molecule has 0 saturated carbocycles. The summed E-state index contributed by atoms with van der Waals surface area (Å²) in [6.45, 7) is 0. The van der Waals surface area contributed by atoms with Gasteiger partial charge in [0.15, 0.2) is 5.13 Å². The molecule has 0 saturated heterocycles. The second-order valence-corrected chi connectivity index (χ2v) is 12.3. The summed E-state index contributed by atoms with van der Waals surface area (Å²) >= 11 is 5.55. The van der Waals surface area contributed by atoms with E-state index in [0.29, 0.717) is 0 Å². The summed E-state index contributed by atoms with van der Waals surface area (Å²) in [5, 5.41) is 8.90. The van der Waals surface area contributed by atoms with E-state index in [4.69, 9.17) is 4.98 Å². The fourth-order valence-corrected chi connectivity index (χ4v) is 9.18. The molecule has 0 unspecified atom stereocenters. The predicted octanol–water partition coefficient (Wildman–Crippen LogP) is 10.1. The Morgan fingerprint density at radius 3 is 1.94 bits per heavy atom. The van der Waals surface area contributed by atoms with Crippen LogP contribution in [0, 0.1) is 0 Å². The minimum Gasteiger partial charge on any atom is -0.285 e. The molecule has 2 nitrogen and oxygen atoms in total. The molecule has 4 aromatic heterocycles. The summed E-state index contributed by atoms with van der Waals surface area (Å²) < 4.78 is 8.99. The van der Waals surface area contributed by atoms with Gasteiger partial charge < -0.3 is 0 Å². The molecular weight excluding hydrogens is 497 g/mol. The van der Waals surface area contributed by atoms with Crippen molar-refractivity contribution < 1.29 is 0 Å². The molecule has 0 fully saturated rings. The van der Waals surface area contributed by atoms with Crippen molar-refractivity contribution in [3.63, 3.8) is 0 Å². The molecule has 0 N–H and O–H groups in total. The standard InChI is InChI=1S/C31H16N2S3/c1-4-10-22-17(7-1)18-13-15-25-27(19-8-2-5-11-23(19)34-25)29(18)33(22)31-32-21-14-16-26-28(30(21)36-31)20-9-3-6-12-24(20)35-26/h1-16H. The molecule has 9 aromatic rings. The average Bonchev–Trinajstić information content (AvgIpc) is 3.66. The molecule has 0 bridgehead atoms. The van der Waals surface area contributed by atoms with Crippen molar-refractivity contribution in [3.05, 3.63) is 97.1 Å². The van der Waals surface area contributed by atoms with E-state index in [1.165, 1.54) is 66.9 Å². The van der Waals surface area contributed by atoms with E-state index in [1.54, 1.807) is 0 Å². The highest BCUT2D eigenvalue weighted by atomic mass is 32.1. The summed E-state index contributed by atoms with van der Waals surface area (Å²) in [4.78, 5) is 5.25. The molecule has 0 atom stereocenters. The van der Waals surface area contributed by atoms with E-state index in [0.717, 1.165) is 10.6 Å². The van der Waals surface area contributed by atoms with Crippen molar-refractivity contribution in [3.8, 4) is 5.13 Å². The summed E-state index contributed by atoms with van der Waals surface area (Å²) in [6, 6.07) is 35.3. The molecule has 9 rings (SSSR count). The zero-order chi connectivity index (χ0) is 23.4. The normalized spacial score (nSPS) is 12.4. The monoisotopic (exact) mass is 512 g/mol. The lowest BCUT2D eigenvalue weighted by molar-refractivity contribution is 1.15. The molecule has 0 spiro atoms. The first-order chi connectivity index (χ1) is 17.8. The van der Waals surface area contributed by atoms with Gasteiger partial charge >= 0.3 is 0 Å². The number of thiophene rings is 2. The van der Waals surface area contributed by atoms with Crippen molar-refractivity contribution in [1.82, 2.24) is 9.55 Å². The van der Waals surface area contributed by atoms with Crippen molar-refractivity contribution in [1.29, 1.82) is 0 Å². The number of para-hydroxylation sites is 1.